The van der Waals surface area contributed by atoms with Gasteiger partial charge in [0.1, 0.15) is 12.4 Å². The summed E-state index contributed by atoms with van der Waals surface area (Å²) in [7, 11) is 0. The molecule has 0 unspecified atom stereocenters. The number of hydrogen-bond donors (Lipinski definition) is 2. The summed E-state index contributed by atoms with van der Waals surface area (Å²) in [6, 6.07) is 14.6. The van der Waals surface area contributed by atoms with Crippen LogP contribution in [-0.4, -0.2) is 50.3 Å². The molecule has 8 heteroatoms. The number of nitrogens with one attached hydrogen (secondary N) is 2. The van der Waals surface area contributed by atoms with Crippen LogP contribution in [0.1, 0.15) is 16.7 Å². The molecule has 0 saturated carbocycles. The molecule has 3 rings (SSSR count). The van der Waals surface area contributed by atoms with Crippen molar-refractivity contribution in [3.63, 3.8) is 0 Å². The Labute approximate surface area is 175 Å². The molecule has 0 bridgehead atoms. The van der Waals surface area contributed by atoms with Gasteiger partial charge in [-0.05, 0) is 28.8 Å². The maximum atomic E-state index is 12.2. The van der Waals surface area contributed by atoms with Gasteiger partial charge in [0.25, 0.3) is 6.43 Å². The number of rotatable bonds is 9. The monoisotopic (exact) mass is 419 g/mol. The van der Waals surface area contributed by atoms with Gasteiger partial charge >= 0.3 is 6.03 Å². The van der Waals surface area contributed by atoms with Crippen LogP contribution in [0.25, 0.3) is 0 Å². The number of benzene rings is 2. The lowest BCUT2D eigenvalue weighted by Crippen LogP contribution is -2.35. The number of nitrogens with zero attached hydrogens (tertiary/aromatic N) is 1. The first-order chi connectivity index (χ1) is 14.6. The molecule has 2 amide bonds. The molecule has 1 fully saturated rings. The smallest absolute Gasteiger partial charge is 0.315 e. The number of morpholine rings is 1. The van der Waals surface area contributed by atoms with Gasteiger partial charge in [0, 0.05) is 32.7 Å². The number of carbonyl (C=O) groups excluding carboxylic acids is 1. The largest absolute Gasteiger partial charge is 0.488 e. The summed E-state index contributed by atoms with van der Waals surface area (Å²) < 4.78 is 34.9. The molecule has 2 aromatic carbocycles. The maximum Gasteiger partial charge on any atom is 0.315 e. The maximum absolute atomic E-state index is 12.2. The number of carbonyl (C=O) groups is 1. The molecule has 162 valence electrons. The van der Waals surface area contributed by atoms with E-state index in [1.807, 2.05) is 12.1 Å². The Morgan fingerprint density at radius 2 is 1.63 bits per heavy atom. The fourth-order valence-electron chi connectivity index (χ4n) is 3.19. The third-order valence-electron chi connectivity index (χ3n) is 4.68. The van der Waals surface area contributed by atoms with Gasteiger partial charge in [-0.2, -0.15) is 0 Å². The lowest BCUT2D eigenvalue weighted by molar-refractivity contribution is 0.0342. The molecule has 0 spiro atoms. The normalized spacial score (nSPS) is 14.5. The fraction of sp³-hybridized carbons (Fsp3) is 0.409. The number of alkyl halides is 2. The van der Waals surface area contributed by atoms with E-state index >= 15 is 0 Å². The first-order valence-electron chi connectivity index (χ1n) is 9.98. The third-order valence-corrected chi connectivity index (χ3v) is 4.68. The van der Waals surface area contributed by atoms with Crippen LogP contribution < -0.4 is 15.4 Å². The van der Waals surface area contributed by atoms with E-state index in [0.717, 1.165) is 44.0 Å². The van der Waals surface area contributed by atoms with Gasteiger partial charge in [0.05, 0.1) is 13.2 Å². The molecule has 1 heterocycles. The topological polar surface area (TPSA) is 62.8 Å². The van der Waals surface area contributed by atoms with Crippen LogP contribution in [0.4, 0.5) is 13.6 Å². The van der Waals surface area contributed by atoms with Crippen LogP contribution in [0, 0.1) is 0 Å². The van der Waals surface area contributed by atoms with E-state index in [0.29, 0.717) is 12.3 Å². The van der Waals surface area contributed by atoms with Crippen molar-refractivity contribution >= 4 is 6.03 Å². The summed E-state index contributed by atoms with van der Waals surface area (Å²) in [6.07, 6.45) is -2.52. The molecule has 2 N–H and O–H groups in total. The highest BCUT2D eigenvalue weighted by atomic mass is 19.3. The first kappa shape index (κ1) is 22.0. The van der Waals surface area contributed by atoms with Crippen molar-refractivity contribution in [2.24, 2.45) is 0 Å². The van der Waals surface area contributed by atoms with E-state index in [4.69, 9.17) is 9.47 Å². The van der Waals surface area contributed by atoms with E-state index in [2.05, 4.69) is 27.7 Å². The number of hydrogen-bond acceptors (Lipinski definition) is 4. The van der Waals surface area contributed by atoms with Gasteiger partial charge in [0.2, 0.25) is 0 Å². The second kappa shape index (κ2) is 11.5. The van der Waals surface area contributed by atoms with E-state index in [-0.39, 0.29) is 12.6 Å². The fourth-order valence-corrected chi connectivity index (χ4v) is 3.19. The summed E-state index contributed by atoms with van der Waals surface area (Å²) in [6.45, 7) is 4.30. The Hall–Kier alpha value is -2.71. The van der Waals surface area contributed by atoms with Crippen molar-refractivity contribution in [3.8, 4) is 5.75 Å². The quantitative estimate of drug-likeness (QED) is 0.656. The minimum Gasteiger partial charge on any atom is -0.488 e. The van der Waals surface area contributed by atoms with Crippen molar-refractivity contribution < 1.29 is 23.0 Å². The Morgan fingerprint density at radius 1 is 1.00 bits per heavy atom. The van der Waals surface area contributed by atoms with Gasteiger partial charge < -0.3 is 20.1 Å². The van der Waals surface area contributed by atoms with Crippen LogP contribution in [0.2, 0.25) is 0 Å². The Bertz CT molecular complexity index is 814. The molecule has 0 atom stereocenters. The number of amides is 2. The number of urea groups is 1. The zero-order chi connectivity index (χ0) is 21.2. The zero-order valence-corrected chi connectivity index (χ0v) is 16.8. The molecule has 6 nitrogen and oxygen atoms in total. The number of halogens is 2. The van der Waals surface area contributed by atoms with Crippen molar-refractivity contribution in [1.29, 1.82) is 0 Å². The highest BCUT2D eigenvalue weighted by molar-refractivity contribution is 5.73. The Balaban J connectivity index is 1.42. The second-order valence-electron chi connectivity index (χ2n) is 7.09. The van der Waals surface area contributed by atoms with Crippen LogP contribution >= 0.6 is 0 Å². The summed E-state index contributed by atoms with van der Waals surface area (Å²) in [5.41, 5.74) is 3.00. The molecule has 0 aromatic heterocycles. The molecule has 30 heavy (non-hydrogen) atoms. The van der Waals surface area contributed by atoms with Gasteiger partial charge in [-0.25, -0.2) is 13.6 Å². The summed E-state index contributed by atoms with van der Waals surface area (Å²) >= 11 is 0. The predicted molar refractivity (Wildman–Crippen MR) is 110 cm³/mol. The van der Waals surface area contributed by atoms with Crippen molar-refractivity contribution in [2.75, 3.05) is 32.9 Å². The second-order valence-corrected chi connectivity index (χ2v) is 7.09. The highest BCUT2D eigenvalue weighted by Gasteiger charge is 2.11. The lowest BCUT2D eigenvalue weighted by Gasteiger charge is -2.26. The van der Waals surface area contributed by atoms with Crippen LogP contribution in [-0.2, 0) is 24.4 Å². The molecule has 2 aromatic rings. The van der Waals surface area contributed by atoms with Crippen molar-refractivity contribution in [2.45, 2.75) is 26.1 Å². The van der Waals surface area contributed by atoms with E-state index in [9.17, 15) is 13.6 Å². The minimum absolute atomic E-state index is 0.273. The molecular weight excluding hydrogens is 392 g/mol. The average Bonchev–Trinajstić information content (AvgIpc) is 2.76. The SMILES string of the molecule is O=C(NCc1cccc(CN2CCOCC2)c1)NCc1cccc(OCC(F)F)c1. The van der Waals surface area contributed by atoms with Gasteiger partial charge in [-0.3, -0.25) is 4.90 Å². The minimum atomic E-state index is -2.52. The molecule has 1 saturated heterocycles. The molecule has 1 aliphatic heterocycles. The summed E-state index contributed by atoms with van der Waals surface area (Å²) in [5.74, 6) is 0.354. The lowest BCUT2D eigenvalue weighted by atomic mass is 10.1. The van der Waals surface area contributed by atoms with Crippen LogP contribution in [0.15, 0.2) is 48.5 Å². The average molecular weight is 419 g/mol. The molecule has 0 aliphatic carbocycles. The standard InChI is InChI=1S/C22H27F2N3O3/c23-21(24)16-30-20-6-2-4-18(12-20)14-26-22(28)25-13-17-3-1-5-19(11-17)15-27-7-9-29-10-8-27/h1-6,11-12,21H,7-10,13-16H2,(H2,25,26,28). The van der Waals surface area contributed by atoms with Gasteiger partial charge in [-0.1, -0.05) is 36.4 Å². The Kier molecular flexibility index (Phi) is 8.41. The molecule has 1 aliphatic rings. The van der Waals surface area contributed by atoms with E-state index < -0.39 is 13.0 Å². The van der Waals surface area contributed by atoms with Crippen molar-refractivity contribution in [3.05, 3.63) is 65.2 Å². The van der Waals surface area contributed by atoms with E-state index in [1.54, 1.807) is 24.3 Å². The Morgan fingerprint density at radius 3 is 2.33 bits per heavy atom. The highest BCUT2D eigenvalue weighted by Crippen LogP contribution is 2.14. The number of ether oxygens (including phenoxy) is 2. The summed E-state index contributed by atoms with van der Waals surface area (Å²) in [5, 5.41) is 5.61. The predicted octanol–water partition coefficient (Wildman–Crippen LogP) is 3.16. The summed E-state index contributed by atoms with van der Waals surface area (Å²) in [4.78, 5) is 14.5. The van der Waals surface area contributed by atoms with Gasteiger partial charge in [0.15, 0.2) is 0 Å². The van der Waals surface area contributed by atoms with Crippen LogP contribution in [0.5, 0.6) is 5.75 Å². The molecular formula is C22H27F2N3O3. The van der Waals surface area contributed by atoms with Gasteiger partial charge in [-0.15, -0.1) is 0 Å². The first-order valence-corrected chi connectivity index (χ1v) is 9.98. The molecule has 0 radical (unpaired) electrons. The van der Waals surface area contributed by atoms with Crippen LogP contribution in [0.3, 0.4) is 0 Å². The van der Waals surface area contributed by atoms with E-state index in [1.165, 1.54) is 5.56 Å². The van der Waals surface area contributed by atoms with Crippen molar-refractivity contribution in [1.82, 2.24) is 15.5 Å². The zero-order valence-electron chi connectivity index (χ0n) is 16.8. The third kappa shape index (κ3) is 7.61.